The number of hydrogen-bond donors (Lipinski definition) is 1. The summed E-state index contributed by atoms with van der Waals surface area (Å²) >= 11 is 1.51. The van der Waals surface area contributed by atoms with Crippen molar-refractivity contribution in [1.82, 2.24) is 14.9 Å². The molecule has 3 rings (SSSR count). The molecule has 6 heteroatoms. The number of pyridine rings is 1. The minimum atomic E-state index is 0.00588. The highest BCUT2D eigenvalue weighted by Crippen LogP contribution is 2.21. The molecule has 0 aliphatic carbocycles. The van der Waals surface area contributed by atoms with E-state index in [2.05, 4.69) is 32.5 Å². The summed E-state index contributed by atoms with van der Waals surface area (Å²) in [5.41, 5.74) is 2.13. The number of anilines is 1. The Morgan fingerprint density at radius 2 is 2.42 bits per heavy atom. The first-order chi connectivity index (χ1) is 11.7. The van der Waals surface area contributed by atoms with Gasteiger partial charge in [-0.3, -0.25) is 14.7 Å². The van der Waals surface area contributed by atoms with Gasteiger partial charge in [-0.2, -0.15) is 0 Å². The topological polar surface area (TPSA) is 58.1 Å². The minimum absolute atomic E-state index is 0.00588. The normalized spacial score (nSPS) is 18.5. The summed E-state index contributed by atoms with van der Waals surface area (Å²) < 4.78 is 0. The van der Waals surface area contributed by atoms with E-state index in [4.69, 9.17) is 0 Å². The molecule has 0 radical (unpaired) electrons. The number of hydrogen-bond acceptors (Lipinski definition) is 5. The van der Waals surface area contributed by atoms with E-state index < -0.39 is 0 Å². The van der Waals surface area contributed by atoms with Gasteiger partial charge in [-0.25, -0.2) is 4.98 Å². The molecule has 3 heterocycles. The third-order valence-electron chi connectivity index (χ3n) is 4.29. The molecular weight excluding hydrogens is 320 g/mol. The van der Waals surface area contributed by atoms with Crippen LogP contribution in [0.15, 0.2) is 29.9 Å². The average Bonchev–Trinajstić information content (AvgIpc) is 3.01. The maximum atomic E-state index is 12.1. The second-order valence-electron chi connectivity index (χ2n) is 6.54. The van der Waals surface area contributed by atoms with Gasteiger partial charge in [0.05, 0.1) is 5.69 Å². The molecule has 2 aromatic heterocycles. The third kappa shape index (κ3) is 5.11. The van der Waals surface area contributed by atoms with Gasteiger partial charge in [0, 0.05) is 37.3 Å². The van der Waals surface area contributed by atoms with Crippen molar-refractivity contribution in [2.45, 2.75) is 39.2 Å². The molecule has 1 amide bonds. The number of carbonyl (C=O) groups excluding carboxylic acids is 1. The lowest BCUT2D eigenvalue weighted by molar-refractivity contribution is -0.116. The van der Waals surface area contributed by atoms with Crippen LogP contribution in [0.5, 0.6) is 0 Å². The van der Waals surface area contributed by atoms with Gasteiger partial charge in [0.2, 0.25) is 5.91 Å². The lowest BCUT2D eigenvalue weighted by atomic mass is 10.0. The highest BCUT2D eigenvalue weighted by molar-refractivity contribution is 7.13. The lowest BCUT2D eigenvalue weighted by Crippen LogP contribution is -2.33. The monoisotopic (exact) mass is 344 g/mol. The molecule has 1 saturated heterocycles. The third-order valence-corrected chi connectivity index (χ3v) is 5.09. The molecule has 1 unspecified atom stereocenters. The first kappa shape index (κ1) is 17.0. The number of nitrogens with one attached hydrogen (secondary N) is 1. The number of amides is 1. The summed E-state index contributed by atoms with van der Waals surface area (Å²) in [5, 5.41) is 5.66. The Morgan fingerprint density at radius 3 is 3.21 bits per heavy atom. The maximum absolute atomic E-state index is 12.1. The molecule has 24 heavy (non-hydrogen) atoms. The molecule has 128 valence electrons. The zero-order valence-corrected chi connectivity index (χ0v) is 14.9. The van der Waals surface area contributed by atoms with E-state index >= 15 is 0 Å². The van der Waals surface area contributed by atoms with Crippen LogP contribution in [0, 0.1) is 5.92 Å². The number of aryl methyl sites for hydroxylation is 1. The molecule has 0 aromatic carbocycles. The highest BCUT2D eigenvalue weighted by Gasteiger charge is 2.17. The largest absolute Gasteiger partial charge is 0.302 e. The predicted molar refractivity (Wildman–Crippen MR) is 97.0 cm³/mol. The van der Waals surface area contributed by atoms with Gasteiger partial charge in [-0.15, -0.1) is 11.3 Å². The van der Waals surface area contributed by atoms with Crippen LogP contribution in [0.2, 0.25) is 0 Å². The summed E-state index contributed by atoms with van der Waals surface area (Å²) in [6, 6.07) is 3.88. The average molecular weight is 344 g/mol. The van der Waals surface area contributed by atoms with Crippen molar-refractivity contribution in [2.24, 2.45) is 5.92 Å². The van der Waals surface area contributed by atoms with Crippen LogP contribution >= 0.6 is 11.3 Å². The minimum Gasteiger partial charge on any atom is -0.302 e. The zero-order valence-electron chi connectivity index (χ0n) is 14.1. The van der Waals surface area contributed by atoms with E-state index in [0.29, 0.717) is 18.0 Å². The maximum Gasteiger partial charge on any atom is 0.226 e. The molecular formula is C18H24N4OS. The predicted octanol–water partition coefficient (Wildman–Crippen LogP) is 3.34. The summed E-state index contributed by atoms with van der Waals surface area (Å²) in [7, 11) is 0. The van der Waals surface area contributed by atoms with E-state index in [0.717, 1.165) is 36.8 Å². The lowest BCUT2D eigenvalue weighted by Gasteiger charge is -2.30. The van der Waals surface area contributed by atoms with Gasteiger partial charge in [0.25, 0.3) is 0 Å². The second kappa shape index (κ2) is 8.35. The highest BCUT2D eigenvalue weighted by atomic mass is 32.1. The van der Waals surface area contributed by atoms with E-state index in [1.165, 1.54) is 24.2 Å². The van der Waals surface area contributed by atoms with Crippen LogP contribution in [0.3, 0.4) is 0 Å². The molecule has 1 aliphatic rings. The summed E-state index contributed by atoms with van der Waals surface area (Å²) in [6.07, 6.45) is 7.28. The Bertz CT molecular complexity index is 658. The fraction of sp³-hybridized carbons (Fsp3) is 0.500. The van der Waals surface area contributed by atoms with Crippen molar-refractivity contribution in [1.29, 1.82) is 0 Å². The standard InChI is InChI=1S/C18H24N4OS/c1-14-4-3-9-22(11-14)12-16-13-24-18(20-16)21-17(23)7-6-15-5-2-8-19-10-15/h2,5,8,10,13-14H,3-4,6-7,9,11-12H2,1H3,(H,20,21,23). The quantitative estimate of drug-likeness (QED) is 0.873. The Balaban J connectivity index is 1.46. The fourth-order valence-corrected chi connectivity index (χ4v) is 3.80. The van der Waals surface area contributed by atoms with Crippen LogP contribution in [0.25, 0.3) is 0 Å². The molecule has 0 spiro atoms. The van der Waals surface area contributed by atoms with Crippen molar-refractivity contribution in [3.8, 4) is 0 Å². The zero-order chi connectivity index (χ0) is 16.8. The number of carbonyl (C=O) groups is 1. The van der Waals surface area contributed by atoms with Gasteiger partial charge < -0.3 is 5.32 Å². The van der Waals surface area contributed by atoms with Crippen molar-refractivity contribution < 1.29 is 4.79 Å². The van der Waals surface area contributed by atoms with E-state index in [9.17, 15) is 4.79 Å². The van der Waals surface area contributed by atoms with Gasteiger partial charge in [0.15, 0.2) is 5.13 Å². The number of piperidine rings is 1. The number of aromatic nitrogens is 2. The van der Waals surface area contributed by atoms with Gasteiger partial charge >= 0.3 is 0 Å². The van der Waals surface area contributed by atoms with Crippen molar-refractivity contribution >= 4 is 22.4 Å². The van der Waals surface area contributed by atoms with Crippen molar-refractivity contribution in [3.05, 3.63) is 41.2 Å². The summed E-state index contributed by atoms with van der Waals surface area (Å²) in [5.74, 6) is 0.774. The Hall–Kier alpha value is -1.79. The van der Waals surface area contributed by atoms with Crippen LogP contribution in [-0.2, 0) is 17.8 Å². The fourth-order valence-electron chi connectivity index (χ4n) is 3.08. The first-order valence-corrected chi connectivity index (χ1v) is 9.42. The summed E-state index contributed by atoms with van der Waals surface area (Å²) in [6.45, 7) is 5.48. The molecule has 1 N–H and O–H groups in total. The molecule has 2 aromatic rings. The molecule has 5 nitrogen and oxygen atoms in total. The Labute approximate surface area is 147 Å². The second-order valence-corrected chi connectivity index (χ2v) is 7.39. The SMILES string of the molecule is CC1CCCN(Cc2csc(NC(=O)CCc3cccnc3)n2)C1. The smallest absolute Gasteiger partial charge is 0.226 e. The van der Waals surface area contributed by atoms with Gasteiger partial charge in [0.1, 0.15) is 0 Å². The van der Waals surface area contributed by atoms with Crippen LogP contribution in [0.1, 0.15) is 37.4 Å². The van der Waals surface area contributed by atoms with Crippen molar-refractivity contribution in [3.63, 3.8) is 0 Å². The molecule has 1 atom stereocenters. The van der Waals surface area contributed by atoms with E-state index in [1.807, 2.05) is 12.1 Å². The number of rotatable bonds is 6. The molecule has 1 fully saturated rings. The van der Waals surface area contributed by atoms with Gasteiger partial charge in [-0.05, 0) is 43.4 Å². The number of nitrogens with zero attached hydrogens (tertiary/aromatic N) is 3. The van der Waals surface area contributed by atoms with E-state index in [1.54, 1.807) is 12.4 Å². The number of thiazole rings is 1. The first-order valence-electron chi connectivity index (χ1n) is 8.54. The number of likely N-dealkylation sites (tertiary alicyclic amines) is 1. The molecule has 1 aliphatic heterocycles. The van der Waals surface area contributed by atoms with Crippen molar-refractivity contribution in [2.75, 3.05) is 18.4 Å². The Morgan fingerprint density at radius 1 is 1.50 bits per heavy atom. The van der Waals surface area contributed by atoms with Crippen LogP contribution in [0.4, 0.5) is 5.13 Å². The molecule has 0 bridgehead atoms. The molecule has 0 saturated carbocycles. The summed E-state index contributed by atoms with van der Waals surface area (Å²) in [4.78, 5) is 23.1. The van der Waals surface area contributed by atoms with E-state index in [-0.39, 0.29) is 5.91 Å². The Kier molecular flexibility index (Phi) is 5.93. The van der Waals surface area contributed by atoms with Crippen LogP contribution < -0.4 is 5.32 Å². The van der Waals surface area contributed by atoms with Crippen LogP contribution in [-0.4, -0.2) is 33.9 Å². The van der Waals surface area contributed by atoms with Gasteiger partial charge in [-0.1, -0.05) is 13.0 Å².